The summed E-state index contributed by atoms with van der Waals surface area (Å²) in [6.45, 7) is 2.05. The Morgan fingerprint density at radius 2 is 1.93 bits per heavy atom. The van der Waals surface area contributed by atoms with Crippen molar-refractivity contribution in [3.8, 4) is 0 Å². The van der Waals surface area contributed by atoms with Gasteiger partial charge in [0.15, 0.2) is 5.16 Å². The first-order valence-electron chi connectivity index (χ1n) is 8.61. The molecule has 29 heavy (non-hydrogen) atoms. The van der Waals surface area contributed by atoms with Crippen LogP contribution < -0.4 is 0 Å². The van der Waals surface area contributed by atoms with Gasteiger partial charge in [-0.25, -0.2) is 14.8 Å². The third-order valence-corrected chi connectivity index (χ3v) is 4.62. The first kappa shape index (κ1) is 20.2. The van der Waals surface area contributed by atoms with Gasteiger partial charge in [0.2, 0.25) is 0 Å². The number of rotatable bonds is 7. The molecule has 0 atom stereocenters. The summed E-state index contributed by atoms with van der Waals surface area (Å²) < 4.78 is 4.93. The number of aromatic nitrogens is 2. The summed E-state index contributed by atoms with van der Waals surface area (Å²) >= 11 is 1.12. The highest BCUT2D eigenvalue weighted by molar-refractivity contribution is 7.99. The van der Waals surface area contributed by atoms with Crippen LogP contribution in [0.1, 0.15) is 22.8 Å². The van der Waals surface area contributed by atoms with Crippen molar-refractivity contribution < 1.29 is 14.5 Å². The Bertz CT molecular complexity index is 1040. The van der Waals surface area contributed by atoms with Crippen molar-refractivity contribution in [2.45, 2.75) is 17.0 Å². The second kappa shape index (κ2) is 9.56. The van der Waals surface area contributed by atoms with Gasteiger partial charge < -0.3 is 4.74 Å². The molecule has 0 spiro atoms. The third kappa shape index (κ3) is 5.45. The standard InChI is InChI=1S/C20H16N4O4S/c1-2-28-19(25)15-5-7-16(8-6-15)23-13-14-4-9-18(17(12-14)24(26)27)29-20-21-10-3-11-22-20/h3-13H,2H2,1H3. The summed E-state index contributed by atoms with van der Waals surface area (Å²) in [5.74, 6) is -0.394. The average Bonchev–Trinajstić information content (AvgIpc) is 2.74. The number of hydrogen-bond acceptors (Lipinski definition) is 8. The number of aliphatic imine (C=N–C) groups is 1. The molecule has 9 heteroatoms. The van der Waals surface area contributed by atoms with E-state index >= 15 is 0 Å². The van der Waals surface area contributed by atoms with Gasteiger partial charge in [-0.3, -0.25) is 15.1 Å². The normalized spacial score (nSPS) is 10.8. The van der Waals surface area contributed by atoms with E-state index in [-0.39, 0.29) is 5.69 Å². The highest BCUT2D eigenvalue weighted by Gasteiger charge is 2.16. The van der Waals surface area contributed by atoms with Crippen LogP contribution in [-0.4, -0.2) is 33.7 Å². The summed E-state index contributed by atoms with van der Waals surface area (Å²) in [5, 5.41) is 11.9. The minimum absolute atomic E-state index is 0.0518. The molecule has 0 saturated heterocycles. The van der Waals surface area contributed by atoms with E-state index < -0.39 is 10.9 Å². The maximum Gasteiger partial charge on any atom is 0.338 e. The lowest BCUT2D eigenvalue weighted by Crippen LogP contribution is -2.03. The minimum Gasteiger partial charge on any atom is -0.462 e. The van der Waals surface area contributed by atoms with Crippen LogP contribution in [0.15, 0.2) is 76.0 Å². The smallest absolute Gasteiger partial charge is 0.338 e. The second-order valence-corrected chi connectivity index (χ2v) is 6.65. The van der Waals surface area contributed by atoms with Crippen LogP contribution >= 0.6 is 11.8 Å². The topological polar surface area (TPSA) is 108 Å². The van der Waals surface area contributed by atoms with Crippen molar-refractivity contribution in [2.75, 3.05) is 6.61 Å². The summed E-state index contributed by atoms with van der Waals surface area (Å²) in [6.07, 6.45) is 4.69. The summed E-state index contributed by atoms with van der Waals surface area (Å²) in [6, 6.07) is 13.1. The number of nitrogens with zero attached hydrogens (tertiary/aromatic N) is 4. The van der Waals surface area contributed by atoms with E-state index in [1.54, 1.807) is 61.8 Å². The lowest BCUT2D eigenvalue weighted by molar-refractivity contribution is -0.387. The van der Waals surface area contributed by atoms with Crippen LogP contribution in [0.25, 0.3) is 0 Å². The van der Waals surface area contributed by atoms with E-state index in [1.807, 2.05) is 0 Å². The molecule has 0 radical (unpaired) electrons. The van der Waals surface area contributed by atoms with Gasteiger partial charge in [0.05, 0.1) is 27.7 Å². The maximum absolute atomic E-state index is 11.7. The van der Waals surface area contributed by atoms with Crippen molar-refractivity contribution in [1.29, 1.82) is 0 Å². The molecule has 0 fully saturated rings. The molecule has 0 aliphatic heterocycles. The highest BCUT2D eigenvalue weighted by atomic mass is 32.2. The zero-order valence-electron chi connectivity index (χ0n) is 15.4. The van der Waals surface area contributed by atoms with Gasteiger partial charge in [-0.05, 0) is 60.6 Å². The number of benzene rings is 2. The number of hydrogen-bond donors (Lipinski definition) is 0. The fourth-order valence-corrected chi connectivity index (χ4v) is 3.13. The third-order valence-electron chi connectivity index (χ3n) is 3.66. The first-order valence-corrected chi connectivity index (χ1v) is 9.43. The molecular formula is C20H16N4O4S. The van der Waals surface area contributed by atoms with Crippen LogP contribution in [0.3, 0.4) is 0 Å². The van der Waals surface area contributed by atoms with Crippen molar-refractivity contribution in [3.63, 3.8) is 0 Å². The molecule has 0 aliphatic rings. The lowest BCUT2D eigenvalue weighted by Gasteiger charge is -2.03. The van der Waals surface area contributed by atoms with Crippen LogP contribution in [0, 0.1) is 10.1 Å². The minimum atomic E-state index is -0.448. The number of carbonyl (C=O) groups excluding carboxylic acids is 1. The van der Waals surface area contributed by atoms with Crippen molar-refractivity contribution in [1.82, 2.24) is 9.97 Å². The summed E-state index contributed by atoms with van der Waals surface area (Å²) in [5.41, 5.74) is 1.57. The molecule has 0 saturated carbocycles. The van der Waals surface area contributed by atoms with Gasteiger partial charge in [-0.2, -0.15) is 0 Å². The van der Waals surface area contributed by atoms with E-state index in [1.165, 1.54) is 12.3 Å². The Labute approximate surface area is 170 Å². The van der Waals surface area contributed by atoms with E-state index in [9.17, 15) is 14.9 Å². The fraction of sp³-hybridized carbons (Fsp3) is 0.100. The molecule has 2 aromatic carbocycles. The molecule has 0 unspecified atom stereocenters. The Morgan fingerprint density at radius 3 is 2.59 bits per heavy atom. The van der Waals surface area contributed by atoms with Gasteiger partial charge in [-0.1, -0.05) is 6.07 Å². The van der Waals surface area contributed by atoms with Crippen LogP contribution in [-0.2, 0) is 4.74 Å². The van der Waals surface area contributed by atoms with E-state index in [0.29, 0.717) is 33.5 Å². The molecule has 0 aliphatic carbocycles. The predicted octanol–water partition coefficient (Wildman–Crippen LogP) is 4.46. The predicted molar refractivity (Wildman–Crippen MR) is 109 cm³/mol. The van der Waals surface area contributed by atoms with E-state index in [0.717, 1.165) is 11.8 Å². The molecule has 0 bridgehead atoms. The molecule has 146 valence electrons. The van der Waals surface area contributed by atoms with Gasteiger partial charge in [0, 0.05) is 24.7 Å². The van der Waals surface area contributed by atoms with Gasteiger partial charge in [-0.15, -0.1) is 0 Å². The van der Waals surface area contributed by atoms with Gasteiger partial charge >= 0.3 is 5.97 Å². The number of ether oxygens (including phenoxy) is 1. The second-order valence-electron chi connectivity index (χ2n) is 5.64. The number of esters is 1. The molecule has 3 aromatic rings. The zero-order chi connectivity index (χ0) is 20.6. The SMILES string of the molecule is CCOC(=O)c1ccc(N=Cc2ccc(Sc3ncccn3)c([N+](=O)[O-])c2)cc1. The molecule has 3 rings (SSSR count). The molecule has 1 heterocycles. The molecule has 0 amide bonds. The monoisotopic (exact) mass is 408 g/mol. The van der Waals surface area contributed by atoms with E-state index in [4.69, 9.17) is 4.74 Å². The van der Waals surface area contributed by atoms with E-state index in [2.05, 4.69) is 15.0 Å². The highest BCUT2D eigenvalue weighted by Crippen LogP contribution is 2.33. The van der Waals surface area contributed by atoms with Crippen LogP contribution in [0.4, 0.5) is 11.4 Å². The Balaban J connectivity index is 1.78. The lowest BCUT2D eigenvalue weighted by atomic mass is 10.2. The summed E-state index contributed by atoms with van der Waals surface area (Å²) in [7, 11) is 0. The fourth-order valence-electron chi connectivity index (χ4n) is 2.33. The number of nitro groups is 1. The van der Waals surface area contributed by atoms with Crippen molar-refractivity contribution in [2.24, 2.45) is 4.99 Å². The number of nitro benzene ring substituents is 1. The Kier molecular flexibility index (Phi) is 6.64. The molecule has 0 N–H and O–H groups in total. The van der Waals surface area contributed by atoms with Gasteiger partial charge in [0.1, 0.15) is 0 Å². The quantitative estimate of drug-likeness (QED) is 0.187. The van der Waals surface area contributed by atoms with Gasteiger partial charge in [0.25, 0.3) is 5.69 Å². The Morgan fingerprint density at radius 1 is 1.21 bits per heavy atom. The van der Waals surface area contributed by atoms with Crippen LogP contribution in [0.2, 0.25) is 0 Å². The largest absolute Gasteiger partial charge is 0.462 e. The number of carbonyl (C=O) groups is 1. The van der Waals surface area contributed by atoms with Crippen molar-refractivity contribution in [3.05, 3.63) is 82.2 Å². The Hall–Kier alpha value is -3.59. The zero-order valence-corrected chi connectivity index (χ0v) is 16.2. The maximum atomic E-state index is 11.7. The van der Waals surface area contributed by atoms with Crippen molar-refractivity contribution >= 4 is 35.3 Å². The summed E-state index contributed by atoms with van der Waals surface area (Å²) in [4.78, 5) is 35.6. The van der Waals surface area contributed by atoms with Crippen LogP contribution in [0.5, 0.6) is 0 Å². The first-order chi connectivity index (χ1) is 14.1. The molecule has 1 aromatic heterocycles. The molecular weight excluding hydrogens is 392 g/mol. The molecule has 8 nitrogen and oxygen atoms in total. The average molecular weight is 408 g/mol.